The highest BCUT2D eigenvalue weighted by atomic mass is 16.6. The van der Waals surface area contributed by atoms with Crippen LogP contribution in [0.25, 0.3) is 0 Å². The number of hydrogen-bond donors (Lipinski definition) is 1. The molecule has 2 amide bonds. The number of aliphatic hydroxyl groups is 1. The average molecular weight is 315 g/mol. The Bertz CT molecular complexity index is 584. The molecule has 3 atom stereocenters. The van der Waals surface area contributed by atoms with Crippen LogP contribution in [-0.2, 0) is 16.0 Å². The first-order valence-corrected chi connectivity index (χ1v) is 7.53. The smallest absolute Gasteiger partial charge is 0.416 e. The van der Waals surface area contributed by atoms with Crippen molar-refractivity contribution in [1.82, 2.24) is 4.90 Å². The summed E-state index contributed by atoms with van der Waals surface area (Å²) in [7, 11) is 0. The van der Waals surface area contributed by atoms with E-state index in [2.05, 4.69) is 13.2 Å². The zero-order valence-corrected chi connectivity index (χ0v) is 12.9. The van der Waals surface area contributed by atoms with Gasteiger partial charge < -0.3 is 9.84 Å². The molecule has 0 aliphatic carbocycles. The Morgan fingerprint density at radius 2 is 2.09 bits per heavy atom. The summed E-state index contributed by atoms with van der Waals surface area (Å²) in [6, 6.07) is 9.21. The van der Waals surface area contributed by atoms with Gasteiger partial charge in [0.15, 0.2) is 0 Å². The first-order chi connectivity index (χ1) is 11.1. The Labute approximate surface area is 135 Å². The van der Waals surface area contributed by atoms with Crippen LogP contribution in [0, 0.1) is 5.92 Å². The van der Waals surface area contributed by atoms with Crippen LogP contribution in [-0.4, -0.2) is 40.8 Å². The van der Waals surface area contributed by atoms with E-state index in [1.165, 1.54) is 6.08 Å². The van der Waals surface area contributed by atoms with Crippen LogP contribution in [0.15, 0.2) is 55.6 Å². The largest absolute Gasteiger partial charge is 0.447 e. The third-order valence-electron chi connectivity index (χ3n) is 3.90. The van der Waals surface area contributed by atoms with Crippen molar-refractivity contribution in [3.05, 3.63) is 61.2 Å². The van der Waals surface area contributed by atoms with Crippen LogP contribution in [0.2, 0.25) is 0 Å². The Balaban J connectivity index is 2.19. The van der Waals surface area contributed by atoms with Gasteiger partial charge in [-0.3, -0.25) is 4.79 Å². The molecule has 1 aliphatic rings. The maximum Gasteiger partial charge on any atom is 0.416 e. The van der Waals surface area contributed by atoms with Gasteiger partial charge in [-0.25, -0.2) is 9.69 Å². The number of hydrogen-bond acceptors (Lipinski definition) is 4. The molecule has 0 bridgehead atoms. The zero-order chi connectivity index (χ0) is 16.8. The molecule has 0 saturated carbocycles. The number of benzene rings is 1. The molecule has 1 aliphatic heterocycles. The van der Waals surface area contributed by atoms with Gasteiger partial charge in [0, 0.05) is 0 Å². The van der Waals surface area contributed by atoms with E-state index in [1.54, 1.807) is 6.08 Å². The molecule has 1 aromatic rings. The van der Waals surface area contributed by atoms with Gasteiger partial charge in [0.05, 0.1) is 18.1 Å². The fourth-order valence-corrected chi connectivity index (χ4v) is 2.68. The van der Waals surface area contributed by atoms with Crippen molar-refractivity contribution in [3.63, 3.8) is 0 Å². The lowest BCUT2D eigenvalue weighted by molar-refractivity contribution is -0.136. The highest BCUT2D eigenvalue weighted by Crippen LogP contribution is 2.23. The molecule has 1 fully saturated rings. The number of allylic oxidation sites excluding steroid dienone is 1. The van der Waals surface area contributed by atoms with Crippen molar-refractivity contribution in [1.29, 1.82) is 0 Å². The number of rotatable bonds is 7. The van der Waals surface area contributed by atoms with Gasteiger partial charge in [-0.15, -0.1) is 13.2 Å². The minimum atomic E-state index is -1.04. The van der Waals surface area contributed by atoms with Crippen molar-refractivity contribution >= 4 is 12.0 Å². The summed E-state index contributed by atoms with van der Waals surface area (Å²) in [6.07, 6.45) is 1.91. The molecule has 1 aromatic carbocycles. The molecular weight excluding hydrogens is 294 g/mol. The standard InChI is InChI=1S/C18H21NO4/c1-3-8-15(16(20)4-2)17(21)19-14(12-23-18(19)22)11-13-9-6-5-7-10-13/h3-7,9-10,14-16,20H,1-2,8,11-12H2/t14-,15-,16+/m0/s1. The Morgan fingerprint density at radius 1 is 1.39 bits per heavy atom. The number of aliphatic hydroxyl groups excluding tert-OH is 1. The van der Waals surface area contributed by atoms with Crippen molar-refractivity contribution in [2.45, 2.75) is 25.0 Å². The summed E-state index contributed by atoms with van der Waals surface area (Å²) in [5.74, 6) is -1.24. The van der Waals surface area contributed by atoms with Crippen LogP contribution in [0.1, 0.15) is 12.0 Å². The molecule has 0 aromatic heterocycles. The van der Waals surface area contributed by atoms with Crippen molar-refractivity contribution in [3.8, 4) is 0 Å². The molecule has 5 heteroatoms. The predicted octanol–water partition coefficient (Wildman–Crippen LogP) is 2.32. The van der Waals surface area contributed by atoms with Crippen LogP contribution < -0.4 is 0 Å². The molecule has 0 unspecified atom stereocenters. The lowest BCUT2D eigenvalue weighted by Gasteiger charge is -2.26. The normalized spacial score (nSPS) is 19.8. The number of cyclic esters (lactones) is 1. The SMILES string of the molecule is C=CC[C@H](C(=O)N1C(=O)OC[C@@H]1Cc1ccccc1)[C@H](O)C=C. The number of nitrogens with zero attached hydrogens (tertiary/aromatic N) is 1. The van der Waals surface area contributed by atoms with E-state index in [1.807, 2.05) is 30.3 Å². The van der Waals surface area contributed by atoms with Gasteiger partial charge in [0.25, 0.3) is 0 Å². The molecule has 1 N–H and O–H groups in total. The maximum absolute atomic E-state index is 12.7. The monoisotopic (exact) mass is 315 g/mol. The fourth-order valence-electron chi connectivity index (χ4n) is 2.68. The average Bonchev–Trinajstić information content (AvgIpc) is 2.92. The number of amides is 2. The number of ether oxygens (including phenoxy) is 1. The van der Waals surface area contributed by atoms with Gasteiger partial charge in [0.2, 0.25) is 5.91 Å². The first-order valence-electron chi connectivity index (χ1n) is 7.53. The zero-order valence-electron chi connectivity index (χ0n) is 12.9. The molecule has 23 heavy (non-hydrogen) atoms. The predicted molar refractivity (Wildman–Crippen MR) is 86.6 cm³/mol. The van der Waals surface area contributed by atoms with Crippen LogP contribution >= 0.6 is 0 Å². The van der Waals surface area contributed by atoms with Gasteiger partial charge in [0.1, 0.15) is 6.61 Å². The summed E-state index contributed by atoms with van der Waals surface area (Å²) in [5, 5.41) is 9.98. The third kappa shape index (κ3) is 3.87. The van der Waals surface area contributed by atoms with Crippen LogP contribution in [0.3, 0.4) is 0 Å². The van der Waals surface area contributed by atoms with E-state index in [9.17, 15) is 14.7 Å². The lowest BCUT2D eigenvalue weighted by atomic mass is 9.95. The Hall–Kier alpha value is -2.40. The molecule has 1 saturated heterocycles. The highest BCUT2D eigenvalue weighted by Gasteiger charge is 2.41. The Kier molecular flexibility index (Phi) is 5.71. The number of imide groups is 1. The van der Waals surface area contributed by atoms with Crippen LogP contribution in [0.4, 0.5) is 4.79 Å². The molecule has 1 heterocycles. The summed E-state index contributed by atoms with van der Waals surface area (Å²) >= 11 is 0. The third-order valence-corrected chi connectivity index (χ3v) is 3.90. The molecule has 2 rings (SSSR count). The van der Waals surface area contributed by atoms with Gasteiger partial charge >= 0.3 is 6.09 Å². The number of carbonyl (C=O) groups excluding carboxylic acids is 2. The van der Waals surface area contributed by atoms with Crippen molar-refractivity contribution in [2.75, 3.05) is 6.61 Å². The minimum absolute atomic E-state index is 0.157. The second-order valence-corrected chi connectivity index (χ2v) is 5.49. The van der Waals surface area contributed by atoms with Gasteiger partial charge in [-0.05, 0) is 18.4 Å². The van der Waals surface area contributed by atoms with E-state index < -0.39 is 24.0 Å². The van der Waals surface area contributed by atoms with E-state index in [0.717, 1.165) is 10.5 Å². The van der Waals surface area contributed by atoms with Gasteiger partial charge in [-0.1, -0.05) is 42.5 Å². The van der Waals surface area contributed by atoms with E-state index >= 15 is 0 Å². The van der Waals surface area contributed by atoms with Crippen molar-refractivity contribution < 1.29 is 19.4 Å². The minimum Gasteiger partial charge on any atom is -0.447 e. The van der Waals surface area contributed by atoms with E-state index in [0.29, 0.717) is 6.42 Å². The molecule has 122 valence electrons. The maximum atomic E-state index is 12.7. The molecule has 0 spiro atoms. The van der Waals surface area contributed by atoms with E-state index in [-0.39, 0.29) is 19.1 Å². The molecule has 0 radical (unpaired) electrons. The second-order valence-electron chi connectivity index (χ2n) is 5.49. The number of carbonyl (C=O) groups is 2. The quantitative estimate of drug-likeness (QED) is 0.784. The lowest BCUT2D eigenvalue weighted by Crippen LogP contribution is -2.46. The van der Waals surface area contributed by atoms with Gasteiger partial charge in [-0.2, -0.15) is 0 Å². The summed E-state index contributed by atoms with van der Waals surface area (Å²) in [4.78, 5) is 25.8. The van der Waals surface area contributed by atoms with Crippen molar-refractivity contribution in [2.24, 2.45) is 5.92 Å². The summed E-state index contributed by atoms with van der Waals surface area (Å²) in [5.41, 5.74) is 1.01. The summed E-state index contributed by atoms with van der Waals surface area (Å²) in [6.45, 7) is 7.26. The fraction of sp³-hybridized carbons (Fsp3) is 0.333. The highest BCUT2D eigenvalue weighted by molar-refractivity contribution is 5.95. The summed E-state index contributed by atoms with van der Waals surface area (Å²) < 4.78 is 5.05. The topological polar surface area (TPSA) is 66.8 Å². The first kappa shape index (κ1) is 17.0. The second kappa shape index (κ2) is 7.74. The Morgan fingerprint density at radius 3 is 2.70 bits per heavy atom. The molecular formula is C18H21NO4. The molecule has 5 nitrogen and oxygen atoms in total. The van der Waals surface area contributed by atoms with Crippen LogP contribution in [0.5, 0.6) is 0 Å². The van der Waals surface area contributed by atoms with E-state index in [4.69, 9.17) is 4.74 Å².